The number of ether oxygens (including phenoxy) is 1. The number of fused-ring (bicyclic) bond motifs is 1. The van der Waals surface area contributed by atoms with Gasteiger partial charge in [0.15, 0.2) is 5.52 Å². The monoisotopic (exact) mass is 266 g/mol. The van der Waals surface area contributed by atoms with Crippen LogP contribution in [-0.4, -0.2) is 26.2 Å². The Morgan fingerprint density at radius 1 is 1.37 bits per heavy atom. The van der Waals surface area contributed by atoms with Gasteiger partial charge < -0.3 is 9.30 Å². The van der Waals surface area contributed by atoms with Crippen molar-refractivity contribution in [1.82, 2.24) is 19.1 Å². The van der Waals surface area contributed by atoms with Gasteiger partial charge in [0, 0.05) is 20.7 Å². The number of hydrogen-bond donors (Lipinski definition) is 1. The maximum Gasteiger partial charge on any atom is 0.329 e. The summed E-state index contributed by atoms with van der Waals surface area (Å²) < 4.78 is 7.95. The standard InChI is InChI=1S/C12H18N4O3/c1-7(2)5-16-8(6-19-4)13-9-10(16)14-12(18)15(3)11(9)17/h7H,5-6H2,1-4H3,(H,14,18). The molecule has 7 nitrogen and oxygen atoms in total. The average molecular weight is 266 g/mol. The van der Waals surface area contributed by atoms with Crippen molar-refractivity contribution >= 4 is 11.2 Å². The van der Waals surface area contributed by atoms with Crippen LogP contribution in [0, 0.1) is 5.92 Å². The number of imidazole rings is 1. The second-order valence-electron chi connectivity index (χ2n) is 4.96. The lowest BCUT2D eigenvalue weighted by molar-refractivity contribution is 0.174. The summed E-state index contributed by atoms with van der Waals surface area (Å²) in [7, 11) is 3.00. The summed E-state index contributed by atoms with van der Waals surface area (Å²) >= 11 is 0. The third kappa shape index (κ3) is 2.33. The van der Waals surface area contributed by atoms with Gasteiger partial charge >= 0.3 is 5.69 Å². The van der Waals surface area contributed by atoms with Crippen molar-refractivity contribution in [1.29, 1.82) is 0 Å². The van der Waals surface area contributed by atoms with Crippen molar-refractivity contribution in [2.24, 2.45) is 13.0 Å². The maximum absolute atomic E-state index is 12.0. The van der Waals surface area contributed by atoms with Gasteiger partial charge in [-0.25, -0.2) is 9.78 Å². The van der Waals surface area contributed by atoms with Crippen molar-refractivity contribution in [2.45, 2.75) is 27.0 Å². The van der Waals surface area contributed by atoms with Gasteiger partial charge in [0.1, 0.15) is 18.1 Å². The molecule has 1 N–H and O–H groups in total. The number of rotatable bonds is 4. The topological polar surface area (TPSA) is 81.9 Å². The highest BCUT2D eigenvalue weighted by Gasteiger charge is 2.16. The fourth-order valence-corrected chi connectivity index (χ4v) is 2.01. The first-order valence-corrected chi connectivity index (χ1v) is 6.13. The highest BCUT2D eigenvalue weighted by Crippen LogP contribution is 2.13. The maximum atomic E-state index is 12.0. The normalized spacial score (nSPS) is 11.6. The Hall–Kier alpha value is -1.89. The molecule has 2 rings (SSSR count). The summed E-state index contributed by atoms with van der Waals surface area (Å²) in [6, 6.07) is 0. The largest absolute Gasteiger partial charge is 0.377 e. The van der Waals surface area contributed by atoms with Crippen LogP contribution in [0.3, 0.4) is 0 Å². The Morgan fingerprint density at radius 3 is 2.63 bits per heavy atom. The van der Waals surface area contributed by atoms with Crippen LogP contribution in [0.5, 0.6) is 0 Å². The highest BCUT2D eigenvalue weighted by molar-refractivity contribution is 5.70. The van der Waals surface area contributed by atoms with Gasteiger partial charge in [-0.1, -0.05) is 13.8 Å². The summed E-state index contributed by atoms with van der Waals surface area (Å²) in [5.74, 6) is 1.01. The van der Waals surface area contributed by atoms with E-state index in [1.54, 1.807) is 7.11 Å². The number of aromatic nitrogens is 4. The molecule has 0 radical (unpaired) electrons. The lowest BCUT2D eigenvalue weighted by atomic mass is 10.2. The van der Waals surface area contributed by atoms with Gasteiger partial charge in [-0.3, -0.25) is 14.3 Å². The van der Waals surface area contributed by atoms with Crippen LogP contribution in [0.2, 0.25) is 0 Å². The third-order valence-corrected chi connectivity index (χ3v) is 2.90. The summed E-state index contributed by atoms with van der Waals surface area (Å²) in [4.78, 5) is 30.7. The van der Waals surface area contributed by atoms with Crippen LogP contribution >= 0.6 is 0 Å². The fraction of sp³-hybridized carbons (Fsp3) is 0.583. The zero-order chi connectivity index (χ0) is 14.2. The zero-order valence-electron chi connectivity index (χ0n) is 11.6. The number of nitrogens with zero attached hydrogens (tertiary/aromatic N) is 3. The summed E-state index contributed by atoms with van der Waals surface area (Å²) in [6.07, 6.45) is 0. The van der Waals surface area contributed by atoms with Gasteiger partial charge in [0.2, 0.25) is 0 Å². The average Bonchev–Trinajstić information content (AvgIpc) is 2.66. The van der Waals surface area contributed by atoms with E-state index in [9.17, 15) is 9.59 Å². The first-order valence-electron chi connectivity index (χ1n) is 6.13. The molecule has 0 saturated carbocycles. The molecule has 2 aromatic heterocycles. The molecule has 0 aromatic carbocycles. The Balaban J connectivity index is 2.78. The predicted molar refractivity (Wildman–Crippen MR) is 71.1 cm³/mol. The molecular weight excluding hydrogens is 248 g/mol. The van der Waals surface area contributed by atoms with Crippen LogP contribution in [0.25, 0.3) is 11.2 Å². The second kappa shape index (κ2) is 5.00. The van der Waals surface area contributed by atoms with E-state index < -0.39 is 11.2 Å². The first-order chi connectivity index (χ1) is 8.95. The van der Waals surface area contributed by atoms with E-state index in [1.807, 2.05) is 4.57 Å². The van der Waals surface area contributed by atoms with Crippen molar-refractivity contribution < 1.29 is 4.74 Å². The molecule has 2 aromatic rings. The Bertz CT molecular complexity index is 708. The molecule has 19 heavy (non-hydrogen) atoms. The lowest BCUT2D eigenvalue weighted by Crippen LogP contribution is -2.32. The quantitative estimate of drug-likeness (QED) is 0.858. The van der Waals surface area contributed by atoms with Crippen LogP contribution in [-0.2, 0) is 24.9 Å². The lowest BCUT2D eigenvalue weighted by Gasteiger charge is -2.10. The van der Waals surface area contributed by atoms with E-state index >= 15 is 0 Å². The Labute approximate surface area is 109 Å². The summed E-state index contributed by atoms with van der Waals surface area (Å²) in [6.45, 7) is 5.08. The molecule has 0 aliphatic carbocycles. The molecule has 7 heteroatoms. The molecule has 0 saturated heterocycles. The third-order valence-electron chi connectivity index (χ3n) is 2.90. The molecular formula is C12H18N4O3. The molecule has 0 unspecified atom stereocenters. The van der Waals surface area contributed by atoms with Crippen LogP contribution < -0.4 is 11.2 Å². The summed E-state index contributed by atoms with van der Waals surface area (Å²) in [5, 5.41) is 0. The van der Waals surface area contributed by atoms with Crippen molar-refractivity contribution in [3.05, 3.63) is 26.7 Å². The number of hydrogen-bond acceptors (Lipinski definition) is 4. The Kier molecular flexibility index (Phi) is 3.57. The molecule has 104 valence electrons. The highest BCUT2D eigenvalue weighted by atomic mass is 16.5. The van der Waals surface area contributed by atoms with Gasteiger partial charge in [-0.15, -0.1) is 0 Å². The number of nitrogens with one attached hydrogen (secondary N) is 1. The van der Waals surface area contributed by atoms with Crippen LogP contribution in [0.4, 0.5) is 0 Å². The molecule has 2 heterocycles. The minimum atomic E-state index is -0.439. The van der Waals surface area contributed by atoms with E-state index in [2.05, 4.69) is 23.8 Å². The van der Waals surface area contributed by atoms with Gasteiger partial charge in [0.05, 0.1) is 0 Å². The van der Waals surface area contributed by atoms with E-state index in [0.717, 1.165) is 4.57 Å². The van der Waals surface area contributed by atoms with Crippen molar-refractivity contribution in [3.8, 4) is 0 Å². The van der Waals surface area contributed by atoms with Gasteiger partial charge in [-0.2, -0.15) is 0 Å². The van der Waals surface area contributed by atoms with Crippen LogP contribution in [0.1, 0.15) is 19.7 Å². The first kappa shape index (κ1) is 13.5. The molecule has 0 spiro atoms. The van der Waals surface area contributed by atoms with Crippen molar-refractivity contribution in [2.75, 3.05) is 7.11 Å². The minimum Gasteiger partial charge on any atom is -0.377 e. The number of H-pyrrole nitrogens is 1. The molecule has 0 aliphatic heterocycles. The number of methoxy groups -OCH3 is 1. The van der Waals surface area contributed by atoms with Gasteiger partial charge in [-0.05, 0) is 5.92 Å². The molecule has 0 bridgehead atoms. The summed E-state index contributed by atoms with van der Waals surface area (Å²) in [5.41, 5.74) is -0.0892. The molecule has 0 amide bonds. The van der Waals surface area contributed by atoms with Crippen molar-refractivity contribution in [3.63, 3.8) is 0 Å². The molecule has 0 atom stereocenters. The zero-order valence-corrected chi connectivity index (χ0v) is 11.6. The predicted octanol–water partition coefficient (Wildman–Crippen LogP) is 0.226. The van der Waals surface area contributed by atoms with E-state index in [-0.39, 0.29) is 5.52 Å². The van der Waals surface area contributed by atoms with Gasteiger partial charge in [0.25, 0.3) is 5.56 Å². The number of aromatic amines is 1. The molecule has 0 fully saturated rings. The Morgan fingerprint density at radius 2 is 2.05 bits per heavy atom. The fourth-order valence-electron chi connectivity index (χ4n) is 2.01. The van der Waals surface area contributed by atoms with E-state index in [4.69, 9.17) is 4.74 Å². The minimum absolute atomic E-state index is 0.273. The SMILES string of the molecule is COCc1nc2c(=O)n(C)c(=O)[nH]c2n1CC(C)C. The van der Waals surface area contributed by atoms with E-state index in [0.29, 0.717) is 30.5 Å². The van der Waals surface area contributed by atoms with Crippen LogP contribution in [0.15, 0.2) is 9.59 Å². The van der Waals surface area contributed by atoms with E-state index in [1.165, 1.54) is 7.05 Å². The second-order valence-corrected chi connectivity index (χ2v) is 4.96. The smallest absolute Gasteiger partial charge is 0.329 e. The molecule has 0 aliphatic rings.